The Morgan fingerprint density at radius 2 is 1.79 bits per heavy atom. The van der Waals surface area contributed by atoms with E-state index in [-0.39, 0.29) is 18.6 Å². The van der Waals surface area contributed by atoms with Gasteiger partial charge in [-0.25, -0.2) is 4.79 Å². The Morgan fingerprint density at radius 3 is 2.29 bits per heavy atom. The van der Waals surface area contributed by atoms with Crippen LogP contribution in [0.4, 0.5) is 4.79 Å². The van der Waals surface area contributed by atoms with Crippen LogP contribution in [0.3, 0.4) is 0 Å². The average molecular weight is 379 g/mol. The van der Waals surface area contributed by atoms with E-state index in [1.165, 1.54) is 4.90 Å². The number of aliphatic hydroxyl groups excluding tert-OH is 1. The van der Waals surface area contributed by atoms with Crippen molar-refractivity contribution in [2.75, 3.05) is 20.3 Å². The molecule has 0 bridgehead atoms. The Bertz CT molecular complexity index is 843. The number of carbonyl (C=O) groups is 1. The second-order valence-corrected chi connectivity index (χ2v) is 6.84. The van der Waals surface area contributed by atoms with Gasteiger partial charge in [0.2, 0.25) is 0 Å². The van der Waals surface area contributed by atoms with Crippen LogP contribution in [0.5, 0.6) is 5.75 Å². The van der Waals surface area contributed by atoms with Crippen molar-refractivity contribution in [2.24, 2.45) is 0 Å². The first-order valence-electron chi connectivity index (χ1n) is 9.45. The zero-order valence-corrected chi connectivity index (χ0v) is 16.1. The maximum absolute atomic E-state index is 12.3. The van der Waals surface area contributed by atoms with Gasteiger partial charge in [-0.2, -0.15) is 5.26 Å². The zero-order chi connectivity index (χ0) is 20.1. The summed E-state index contributed by atoms with van der Waals surface area (Å²) in [6, 6.07) is 16.7. The molecule has 1 fully saturated rings. The van der Waals surface area contributed by atoms with Gasteiger partial charge in [0, 0.05) is 12.5 Å². The summed E-state index contributed by atoms with van der Waals surface area (Å²) >= 11 is 0. The molecule has 1 heterocycles. The van der Waals surface area contributed by atoms with Crippen LogP contribution >= 0.6 is 0 Å². The number of amides is 2. The third-order valence-corrected chi connectivity index (χ3v) is 5.21. The van der Waals surface area contributed by atoms with Gasteiger partial charge in [0.15, 0.2) is 0 Å². The van der Waals surface area contributed by atoms with Gasteiger partial charge in [-0.15, -0.1) is 0 Å². The molecule has 28 heavy (non-hydrogen) atoms. The van der Waals surface area contributed by atoms with Gasteiger partial charge < -0.3 is 20.1 Å². The topological polar surface area (TPSA) is 85.6 Å². The number of ether oxygens (including phenoxy) is 1. The molecule has 146 valence electrons. The van der Waals surface area contributed by atoms with E-state index >= 15 is 0 Å². The summed E-state index contributed by atoms with van der Waals surface area (Å²) in [6.45, 7) is 2.34. The van der Waals surface area contributed by atoms with Gasteiger partial charge >= 0.3 is 6.03 Å². The van der Waals surface area contributed by atoms with Crippen molar-refractivity contribution in [3.63, 3.8) is 0 Å². The number of nitrogens with one attached hydrogen (secondary N) is 1. The molecule has 0 radical (unpaired) electrons. The van der Waals surface area contributed by atoms with Crippen molar-refractivity contribution in [1.82, 2.24) is 10.2 Å². The van der Waals surface area contributed by atoms with Crippen LogP contribution in [0.1, 0.15) is 24.8 Å². The molecule has 3 atom stereocenters. The minimum absolute atomic E-state index is 0.178. The lowest BCUT2D eigenvalue weighted by atomic mass is 9.76. The van der Waals surface area contributed by atoms with Crippen molar-refractivity contribution in [1.29, 1.82) is 5.26 Å². The summed E-state index contributed by atoms with van der Waals surface area (Å²) in [6.07, 6.45) is 0.816. The number of nitrogens with zero attached hydrogens (tertiary/aromatic N) is 2. The fourth-order valence-corrected chi connectivity index (χ4v) is 3.69. The molecule has 2 amide bonds. The molecule has 1 aliphatic rings. The SMILES string of the molecule is CCCNC(=O)N1[C@H](C#N)[C@H](c2ccc(-c3ccc(OC)cc3)cc2)[C@H]1CO. The van der Waals surface area contributed by atoms with Gasteiger partial charge in [0.1, 0.15) is 11.8 Å². The molecule has 6 nitrogen and oxygen atoms in total. The van der Waals surface area contributed by atoms with Gasteiger partial charge in [0.05, 0.1) is 25.8 Å². The number of nitriles is 1. The first kappa shape index (κ1) is 19.7. The standard InChI is InChI=1S/C22H25N3O3/c1-3-12-24-22(27)25-19(13-23)21(20(25)14-26)17-6-4-15(5-7-17)16-8-10-18(28-2)11-9-16/h4-11,19-21,26H,3,12,14H2,1-2H3,(H,24,27)/t19-,20-,21+/m1/s1. The molecule has 0 spiro atoms. The summed E-state index contributed by atoms with van der Waals surface area (Å²) in [5.74, 6) is 0.603. The van der Waals surface area contributed by atoms with E-state index < -0.39 is 12.1 Å². The zero-order valence-electron chi connectivity index (χ0n) is 16.1. The Morgan fingerprint density at radius 1 is 1.18 bits per heavy atom. The first-order chi connectivity index (χ1) is 13.6. The van der Waals surface area contributed by atoms with Crippen LogP contribution in [0.25, 0.3) is 11.1 Å². The van der Waals surface area contributed by atoms with Crippen LogP contribution in [-0.2, 0) is 0 Å². The molecule has 6 heteroatoms. The summed E-state index contributed by atoms with van der Waals surface area (Å²) < 4.78 is 5.19. The van der Waals surface area contributed by atoms with Crippen molar-refractivity contribution < 1.29 is 14.6 Å². The monoisotopic (exact) mass is 379 g/mol. The summed E-state index contributed by atoms with van der Waals surface area (Å²) in [5.41, 5.74) is 3.07. The van der Waals surface area contributed by atoms with Gasteiger partial charge in [-0.1, -0.05) is 43.3 Å². The summed E-state index contributed by atoms with van der Waals surface area (Å²) in [4.78, 5) is 13.8. The van der Waals surface area contributed by atoms with Crippen LogP contribution < -0.4 is 10.1 Å². The van der Waals surface area contributed by atoms with E-state index in [1.54, 1.807) is 7.11 Å². The van der Waals surface area contributed by atoms with Gasteiger partial charge in [-0.3, -0.25) is 0 Å². The number of benzene rings is 2. The molecule has 0 aliphatic carbocycles. The molecular formula is C22H25N3O3. The normalized spacial score (nSPS) is 20.8. The molecule has 2 aromatic rings. The highest BCUT2D eigenvalue weighted by molar-refractivity contribution is 5.77. The number of rotatable bonds is 6. The van der Waals surface area contributed by atoms with Gasteiger partial charge in [-0.05, 0) is 35.2 Å². The van der Waals surface area contributed by atoms with Crippen molar-refractivity contribution in [3.8, 4) is 22.9 Å². The van der Waals surface area contributed by atoms with Crippen molar-refractivity contribution in [3.05, 3.63) is 54.1 Å². The molecule has 0 unspecified atom stereocenters. The molecule has 0 aromatic heterocycles. The fraction of sp³-hybridized carbons (Fsp3) is 0.364. The predicted octanol–water partition coefficient (Wildman–Crippen LogP) is 3.13. The van der Waals surface area contributed by atoms with Gasteiger partial charge in [0.25, 0.3) is 0 Å². The molecule has 2 aromatic carbocycles. The highest BCUT2D eigenvalue weighted by atomic mass is 16.5. The maximum atomic E-state index is 12.3. The third kappa shape index (κ3) is 3.67. The minimum Gasteiger partial charge on any atom is -0.497 e. The van der Waals surface area contributed by atoms with E-state index in [1.807, 2.05) is 55.5 Å². The Kier molecular flexibility index (Phi) is 6.17. The third-order valence-electron chi connectivity index (χ3n) is 5.21. The number of methoxy groups -OCH3 is 1. The largest absolute Gasteiger partial charge is 0.497 e. The highest BCUT2D eigenvalue weighted by Gasteiger charge is 2.51. The van der Waals surface area contributed by atoms with E-state index in [0.29, 0.717) is 6.54 Å². The first-order valence-corrected chi connectivity index (χ1v) is 9.45. The van der Waals surface area contributed by atoms with Crippen LogP contribution in [0, 0.1) is 11.3 Å². The summed E-state index contributed by atoms with van der Waals surface area (Å²) in [7, 11) is 1.64. The second-order valence-electron chi connectivity index (χ2n) is 6.84. The van der Waals surface area contributed by atoms with Crippen LogP contribution in [0.2, 0.25) is 0 Å². The van der Waals surface area contributed by atoms with E-state index in [4.69, 9.17) is 4.74 Å². The number of aliphatic hydroxyl groups is 1. The molecule has 3 rings (SSSR count). The number of hydrogen-bond donors (Lipinski definition) is 2. The van der Waals surface area contributed by atoms with E-state index in [9.17, 15) is 15.2 Å². The Balaban J connectivity index is 1.78. The molecule has 2 N–H and O–H groups in total. The number of urea groups is 1. The highest BCUT2D eigenvalue weighted by Crippen LogP contribution is 2.40. The van der Waals surface area contributed by atoms with E-state index in [2.05, 4.69) is 11.4 Å². The smallest absolute Gasteiger partial charge is 0.318 e. The molecule has 0 saturated carbocycles. The average Bonchev–Trinajstić information content (AvgIpc) is 2.72. The summed E-state index contributed by atoms with van der Waals surface area (Å²) in [5, 5.41) is 22.2. The lowest BCUT2D eigenvalue weighted by Crippen LogP contribution is -2.67. The maximum Gasteiger partial charge on any atom is 0.318 e. The van der Waals surface area contributed by atoms with Crippen molar-refractivity contribution in [2.45, 2.75) is 31.3 Å². The number of carbonyl (C=O) groups excluding carboxylic acids is 1. The molecular weight excluding hydrogens is 354 g/mol. The molecule has 1 aliphatic heterocycles. The fourth-order valence-electron chi connectivity index (χ4n) is 3.69. The van der Waals surface area contributed by atoms with E-state index in [0.717, 1.165) is 28.9 Å². The number of likely N-dealkylation sites (tertiary alicyclic amines) is 1. The number of hydrogen-bond acceptors (Lipinski definition) is 4. The lowest BCUT2D eigenvalue weighted by molar-refractivity contribution is 0.0169. The predicted molar refractivity (Wildman–Crippen MR) is 107 cm³/mol. The second kappa shape index (κ2) is 8.77. The quantitative estimate of drug-likeness (QED) is 0.807. The lowest BCUT2D eigenvalue weighted by Gasteiger charge is -2.51. The molecule has 1 saturated heterocycles. The van der Waals surface area contributed by atoms with Crippen LogP contribution in [-0.4, -0.2) is 48.4 Å². The van der Waals surface area contributed by atoms with Crippen molar-refractivity contribution >= 4 is 6.03 Å². The Labute approximate surface area is 165 Å². The minimum atomic E-state index is -0.583. The van der Waals surface area contributed by atoms with Crippen LogP contribution in [0.15, 0.2) is 48.5 Å². The Hall–Kier alpha value is -3.04.